The van der Waals surface area contributed by atoms with E-state index in [0.29, 0.717) is 5.92 Å². The van der Waals surface area contributed by atoms with Crippen LogP contribution in [0, 0.1) is 12.8 Å². The van der Waals surface area contributed by atoms with Crippen LogP contribution in [0.3, 0.4) is 0 Å². The summed E-state index contributed by atoms with van der Waals surface area (Å²) in [7, 11) is 1.95. The summed E-state index contributed by atoms with van der Waals surface area (Å²) >= 11 is 0. The molecule has 1 heterocycles. The molecule has 0 fully saturated rings. The van der Waals surface area contributed by atoms with E-state index in [0.717, 1.165) is 18.8 Å². The highest BCUT2D eigenvalue weighted by Gasteiger charge is 2.02. The maximum atomic E-state index is 4.31. The predicted octanol–water partition coefficient (Wildman–Crippen LogP) is 2.18. The van der Waals surface area contributed by atoms with Gasteiger partial charge in [-0.3, -0.25) is 4.98 Å². The van der Waals surface area contributed by atoms with Gasteiger partial charge in [0.25, 0.3) is 0 Å². The second-order valence-electron chi connectivity index (χ2n) is 4.26. The van der Waals surface area contributed by atoms with Crippen molar-refractivity contribution in [2.45, 2.75) is 27.3 Å². The lowest BCUT2D eigenvalue weighted by Gasteiger charge is -2.11. The molecule has 84 valence electrons. The zero-order chi connectivity index (χ0) is 11.3. The van der Waals surface area contributed by atoms with E-state index in [4.69, 9.17) is 0 Å². The molecule has 0 spiro atoms. The molecular weight excluding hydrogens is 186 g/mol. The summed E-state index contributed by atoms with van der Waals surface area (Å²) in [6.45, 7) is 8.34. The van der Waals surface area contributed by atoms with E-state index in [1.165, 1.54) is 11.3 Å². The van der Waals surface area contributed by atoms with Gasteiger partial charge in [-0.2, -0.15) is 0 Å². The molecule has 3 heteroatoms. The van der Waals surface area contributed by atoms with Crippen molar-refractivity contribution >= 4 is 5.69 Å². The van der Waals surface area contributed by atoms with Crippen LogP contribution in [0.15, 0.2) is 12.3 Å². The van der Waals surface area contributed by atoms with Crippen LogP contribution in [0.5, 0.6) is 0 Å². The third kappa shape index (κ3) is 3.88. The van der Waals surface area contributed by atoms with Crippen LogP contribution in [0.2, 0.25) is 0 Å². The van der Waals surface area contributed by atoms with Crippen LogP contribution < -0.4 is 10.6 Å². The second-order valence-corrected chi connectivity index (χ2v) is 4.26. The number of anilines is 1. The summed E-state index contributed by atoms with van der Waals surface area (Å²) in [5.41, 5.74) is 3.44. The van der Waals surface area contributed by atoms with Gasteiger partial charge in [-0.1, -0.05) is 13.8 Å². The fraction of sp³-hybridized carbons (Fsp3) is 0.583. The molecule has 1 rings (SSSR count). The van der Waals surface area contributed by atoms with E-state index in [-0.39, 0.29) is 0 Å². The summed E-state index contributed by atoms with van der Waals surface area (Å²) in [5, 5.41) is 6.61. The molecule has 0 amide bonds. The second kappa shape index (κ2) is 5.71. The monoisotopic (exact) mass is 207 g/mol. The van der Waals surface area contributed by atoms with E-state index < -0.39 is 0 Å². The summed E-state index contributed by atoms with van der Waals surface area (Å²) in [4.78, 5) is 4.31. The Bertz CT molecular complexity index is 308. The standard InChI is InChI=1S/C12H21N3/c1-9(2)6-14-7-11-8-15-10(3)5-12(11)13-4/h5,8-9,14H,6-7H2,1-4H3,(H,13,15). The fourth-order valence-electron chi connectivity index (χ4n) is 1.46. The number of hydrogen-bond donors (Lipinski definition) is 2. The molecule has 0 aromatic carbocycles. The SMILES string of the molecule is CNc1cc(C)ncc1CNCC(C)C. The topological polar surface area (TPSA) is 37.0 Å². The highest BCUT2D eigenvalue weighted by molar-refractivity contribution is 5.50. The van der Waals surface area contributed by atoms with Crippen molar-refractivity contribution in [3.8, 4) is 0 Å². The van der Waals surface area contributed by atoms with Gasteiger partial charge in [-0.05, 0) is 25.5 Å². The molecule has 0 saturated heterocycles. The number of pyridine rings is 1. The molecule has 1 aromatic rings. The van der Waals surface area contributed by atoms with Crippen LogP contribution >= 0.6 is 0 Å². The first-order valence-corrected chi connectivity index (χ1v) is 5.47. The lowest BCUT2D eigenvalue weighted by molar-refractivity contribution is 0.552. The maximum Gasteiger partial charge on any atom is 0.0416 e. The van der Waals surface area contributed by atoms with Gasteiger partial charge < -0.3 is 10.6 Å². The zero-order valence-corrected chi connectivity index (χ0v) is 10.1. The van der Waals surface area contributed by atoms with Gasteiger partial charge in [0.05, 0.1) is 0 Å². The van der Waals surface area contributed by atoms with Crippen molar-refractivity contribution in [1.29, 1.82) is 0 Å². The number of nitrogens with one attached hydrogen (secondary N) is 2. The Balaban J connectivity index is 2.60. The molecule has 3 nitrogen and oxygen atoms in total. The molecule has 0 aliphatic rings. The minimum absolute atomic E-state index is 0.682. The van der Waals surface area contributed by atoms with Crippen LogP contribution in [-0.2, 0) is 6.54 Å². The van der Waals surface area contributed by atoms with E-state index >= 15 is 0 Å². The number of aromatic nitrogens is 1. The van der Waals surface area contributed by atoms with E-state index in [9.17, 15) is 0 Å². The van der Waals surface area contributed by atoms with E-state index in [2.05, 4.69) is 35.5 Å². The Hall–Kier alpha value is -1.09. The first-order valence-electron chi connectivity index (χ1n) is 5.47. The van der Waals surface area contributed by atoms with Gasteiger partial charge in [-0.25, -0.2) is 0 Å². The Labute approximate surface area is 92.3 Å². The summed E-state index contributed by atoms with van der Waals surface area (Å²) < 4.78 is 0. The van der Waals surface area contributed by atoms with Crippen LogP contribution in [-0.4, -0.2) is 18.6 Å². The molecular formula is C12H21N3. The number of hydrogen-bond acceptors (Lipinski definition) is 3. The van der Waals surface area contributed by atoms with Gasteiger partial charge in [0.2, 0.25) is 0 Å². The molecule has 0 unspecified atom stereocenters. The minimum atomic E-state index is 0.682. The summed E-state index contributed by atoms with van der Waals surface area (Å²) in [5.74, 6) is 0.682. The average molecular weight is 207 g/mol. The third-order valence-electron chi connectivity index (χ3n) is 2.26. The molecule has 2 N–H and O–H groups in total. The minimum Gasteiger partial charge on any atom is -0.388 e. The van der Waals surface area contributed by atoms with Gasteiger partial charge in [0.1, 0.15) is 0 Å². The van der Waals surface area contributed by atoms with Crippen molar-refractivity contribution in [3.05, 3.63) is 23.5 Å². The number of nitrogens with zero attached hydrogens (tertiary/aromatic N) is 1. The molecule has 0 atom stereocenters. The Morgan fingerprint density at radius 2 is 2.13 bits per heavy atom. The summed E-state index contributed by atoms with van der Waals surface area (Å²) in [6.07, 6.45) is 1.94. The van der Waals surface area contributed by atoms with Gasteiger partial charge in [0, 0.05) is 36.7 Å². The van der Waals surface area contributed by atoms with Crippen molar-refractivity contribution in [3.63, 3.8) is 0 Å². The average Bonchev–Trinajstić information content (AvgIpc) is 2.19. The van der Waals surface area contributed by atoms with Crippen molar-refractivity contribution < 1.29 is 0 Å². The normalized spacial score (nSPS) is 10.7. The molecule has 1 aromatic heterocycles. The van der Waals surface area contributed by atoms with Crippen molar-refractivity contribution in [2.24, 2.45) is 5.92 Å². The molecule has 0 aliphatic heterocycles. The van der Waals surface area contributed by atoms with Crippen LogP contribution in [0.4, 0.5) is 5.69 Å². The zero-order valence-electron chi connectivity index (χ0n) is 10.1. The molecule has 0 bridgehead atoms. The van der Waals surface area contributed by atoms with Gasteiger partial charge in [-0.15, -0.1) is 0 Å². The van der Waals surface area contributed by atoms with Gasteiger partial charge in [0.15, 0.2) is 0 Å². The quantitative estimate of drug-likeness (QED) is 0.777. The smallest absolute Gasteiger partial charge is 0.0416 e. The predicted molar refractivity (Wildman–Crippen MR) is 65.1 cm³/mol. The van der Waals surface area contributed by atoms with E-state index in [1.54, 1.807) is 0 Å². The summed E-state index contributed by atoms with van der Waals surface area (Å²) in [6, 6.07) is 2.08. The first kappa shape index (κ1) is 12.0. The Kier molecular flexibility index (Phi) is 4.56. The van der Waals surface area contributed by atoms with E-state index in [1.807, 2.05) is 20.2 Å². The molecule has 0 radical (unpaired) electrons. The Morgan fingerprint density at radius 1 is 1.40 bits per heavy atom. The lowest BCUT2D eigenvalue weighted by Crippen LogP contribution is -2.19. The van der Waals surface area contributed by atoms with Crippen molar-refractivity contribution in [2.75, 3.05) is 18.9 Å². The third-order valence-corrected chi connectivity index (χ3v) is 2.26. The highest BCUT2D eigenvalue weighted by Crippen LogP contribution is 2.14. The number of rotatable bonds is 5. The number of aryl methyl sites for hydroxylation is 1. The highest BCUT2D eigenvalue weighted by atomic mass is 14.9. The molecule has 15 heavy (non-hydrogen) atoms. The van der Waals surface area contributed by atoms with Gasteiger partial charge >= 0.3 is 0 Å². The largest absolute Gasteiger partial charge is 0.388 e. The molecule has 0 aliphatic carbocycles. The van der Waals surface area contributed by atoms with Crippen LogP contribution in [0.1, 0.15) is 25.1 Å². The van der Waals surface area contributed by atoms with Crippen molar-refractivity contribution in [1.82, 2.24) is 10.3 Å². The lowest BCUT2D eigenvalue weighted by atomic mass is 10.2. The maximum absolute atomic E-state index is 4.31. The Morgan fingerprint density at radius 3 is 2.73 bits per heavy atom. The molecule has 0 saturated carbocycles. The fourth-order valence-corrected chi connectivity index (χ4v) is 1.46. The van der Waals surface area contributed by atoms with Crippen LogP contribution in [0.25, 0.3) is 0 Å². The first-order chi connectivity index (χ1) is 7.13.